The first-order valence-electron chi connectivity index (χ1n) is 4.54. The fraction of sp³-hybridized carbons (Fsp3) is 0.500. The summed E-state index contributed by atoms with van der Waals surface area (Å²) >= 11 is 0. The van der Waals surface area contributed by atoms with Crippen molar-refractivity contribution < 1.29 is 0 Å². The van der Waals surface area contributed by atoms with E-state index in [1.54, 1.807) is 6.08 Å². The van der Waals surface area contributed by atoms with Gasteiger partial charge in [0.05, 0.1) is 0 Å². The maximum absolute atomic E-state index is 3.48. The van der Waals surface area contributed by atoms with Gasteiger partial charge in [0.2, 0.25) is 0 Å². The zero-order chi connectivity index (χ0) is 10.2. The molecule has 0 rings (SSSR count). The van der Waals surface area contributed by atoms with Gasteiger partial charge in [-0.05, 0) is 26.7 Å². The molecule has 0 saturated heterocycles. The fourth-order valence-corrected chi connectivity index (χ4v) is 0.236. The third-order valence-corrected chi connectivity index (χ3v) is 0.760. The summed E-state index contributed by atoms with van der Waals surface area (Å²) in [4.78, 5) is 0. The van der Waals surface area contributed by atoms with Crippen LogP contribution in [-0.4, -0.2) is 0 Å². The van der Waals surface area contributed by atoms with Gasteiger partial charge in [0.25, 0.3) is 0 Å². The van der Waals surface area contributed by atoms with Crippen LogP contribution < -0.4 is 0 Å². The van der Waals surface area contributed by atoms with Gasteiger partial charge in [-0.2, -0.15) is 0 Å². The van der Waals surface area contributed by atoms with E-state index in [-0.39, 0.29) is 0 Å². The highest BCUT2D eigenvalue weighted by Crippen LogP contribution is 1.73. The topological polar surface area (TPSA) is 0 Å². The minimum Gasteiger partial charge on any atom is -0.103 e. The molecule has 0 fully saturated rings. The van der Waals surface area contributed by atoms with Crippen LogP contribution >= 0.6 is 0 Å². The molecule has 72 valence electrons. The highest BCUT2D eigenvalue weighted by atomic mass is 13.6. The summed E-state index contributed by atoms with van der Waals surface area (Å²) in [6.45, 7) is 14.9. The lowest BCUT2D eigenvalue weighted by atomic mass is 10.4. The summed E-state index contributed by atoms with van der Waals surface area (Å²) in [5.41, 5.74) is 0. The smallest absolute Gasteiger partial charge is 0.0379 e. The van der Waals surface area contributed by atoms with Crippen LogP contribution in [0.2, 0.25) is 0 Å². The lowest BCUT2D eigenvalue weighted by molar-refractivity contribution is 1.22. The lowest BCUT2D eigenvalue weighted by Crippen LogP contribution is -1.43. The molecule has 0 unspecified atom stereocenters. The predicted octanol–water partition coefficient (Wildman–Crippen LogP) is 4.75. The first-order valence-corrected chi connectivity index (χ1v) is 4.54. The predicted molar refractivity (Wildman–Crippen MR) is 61.5 cm³/mol. The van der Waals surface area contributed by atoms with Gasteiger partial charge in [0.1, 0.15) is 0 Å². The number of rotatable bonds is 2. The molecular formula is C12H24. The van der Waals surface area contributed by atoms with Crippen molar-refractivity contribution in [2.45, 2.75) is 40.5 Å². The lowest BCUT2D eigenvalue weighted by Gasteiger charge is -1.65. The largest absolute Gasteiger partial charge is 0.103 e. The third-order valence-electron chi connectivity index (χ3n) is 0.760. The number of allylic oxidation sites excluding steroid dienone is 4. The van der Waals surface area contributed by atoms with Gasteiger partial charge in [-0.15, -0.1) is 13.2 Å². The fourth-order valence-electron chi connectivity index (χ4n) is 0.236. The van der Waals surface area contributed by atoms with Crippen molar-refractivity contribution in [3.8, 4) is 0 Å². The Bertz CT molecular complexity index is 88.2. The van der Waals surface area contributed by atoms with Crippen LogP contribution in [0.1, 0.15) is 40.5 Å². The monoisotopic (exact) mass is 168 g/mol. The van der Waals surface area contributed by atoms with Crippen LogP contribution in [0, 0.1) is 0 Å². The zero-order valence-electron chi connectivity index (χ0n) is 9.14. The van der Waals surface area contributed by atoms with E-state index in [0.29, 0.717) is 0 Å². The maximum Gasteiger partial charge on any atom is -0.0379 e. The summed E-state index contributed by atoms with van der Waals surface area (Å²) in [6, 6.07) is 0. The van der Waals surface area contributed by atoms with E-state index in [9.17, 15) is 0 Å². The molecule has 0 bridgehead atoms. The summed E-state index contributed by atoms with van der Waals surface area (Å²) < 4.78 is 0. The highest BCUT2D eigenvalue weighted by Gasteiger charge is 1.52. The number of hydrogen-bond acceptors (Lipinski definition) is 0. The minimum atomic E-state index is 1.08. The molecule has 0 nitrogen and oxygen atoms in total. The van der Waals surface area contributed by atoms with Gasteiger partial charge in [0.15, 0.2) is 0 Å². The molecule has 0 saturated carbocycles. The molecule has 0 N–H and O–H groups in total. The average Bonchev–Trinajstić information content (AvgIpc) is 2.08. The second kappa shape index (κ2) is 31.9. The molecule has 0 aromatic carbocycles. The quantitative estimate of drug-likeness (QED) is 0.522. The normalized spacial score (nSPS) is 7.33. The van der Waals surface area contributed by atoms with Crippen molar-refractivity contribution in [1.29, 1.82) is 0 Å². The van der Waals surface area contributed by atoms with Crippen molar-refractivity contribution >= 4 is 0 Å². The first kappa shape index (κ1) is 17.3. The Morgan fingerprint density at radius 1 is 1.00 bits per heavy atom. The summed E-state index contributed by atoms with van der Waals surface area (Å²) in [5, 5.41) is 0. The molecule has 0 atom stereocenters. The Hall–Kier alpha value is -0.780. The van der Waals surface area contributed by atoms with E-state index in [1.165, 1.54) is 0 Å². The van der Waals surface area contributed by atoms with Crippen LogP contribution in [-0.2, 0) is 0 Å². The van der Waals surface area contributed by atoms with Crippen LogP contribution in [0.25, 0.3) is 0 Å². The Morgan fingerprint density at radius 2 is 1.33 bits per heavy atom. The van der Waals surface area contributed by atoms with Crippen molar-refractivity contribution in [2.24, 2.45) is 0 Å². The Kier molecular flexibility index (Phi) is 46.1. The highest BCUT2D eigenvalue weighted by molar-refractivity contribution is 4.73. The van der Waals surface area contributed by atoms with Gasteiger partial charge < -0.3 is 0 Å². The minimum absolute atomic E-state index is 1.08. The van der Waals surface area contributed by atoms with Gasteiger partial charge in [-0.25, -0.2) is 0 Å². The number of hydrogen-bond donors (Lipinski definition) is 0. The van der Waals surface area contributed by atoms with Gasteiger partial charge in [0, 0.05) is 0 Å². The van der Waals surface area contributed by atoms with Crippen LogP contribution in [0.4, 0.5) is 0 Å². The van der Waals surface area contributed by atoms with E-state index in [0.717, 1.165) is 12.8 Å². The first-order chi connectivity index (χ1) is 5.74. The third kappa shape index (κ3) is 126. The van der Waals surface area contributed by atoms with Gasteiger partial charge in [-0.3, -0.25) is 0 Å². The van der Waals surface area contributed by atoms with E-state index < -0.39 is 0 Å². The molecular weight excluding hydrogens is 144 g/mol. The average molecular weight is 168 g/mol. The molecule has 0 heteroatoms. The SMILES string of the molecule is C=CC.C=CCC.CC=CCC. The Balaban J connectivity index is -0.000000105. The molecule has 0 aliphatic heterocycles. The van der Waals surface area contributed by atoms with Crippen molar-refractivity contribution in [3.05, 3.63) is 37.5 Å². The Labute approximate surface area is 78.7 Å². The molecule has 0 amide bonds. The standard InChI is InChI=1S/C5H10.C4H8.C3H6/c1-3-5-4-2;1-3-4-2;1-3-2/h3,5H,4H2,1-2H3;3H,1,4H2,2H3;3H,1H2,2H3. The molecule has 0 heterocycles. The second-order valence-electron chi connectivity index (χ2n) is 2.08. The summed E-state index contributed by atoms with van der Waals surface area (Å²) in [6.07, 6.45) is 10.1. The van der Waals surface area contributed by atoms with E-state index in [1.807, 2.05) is 19.9 Å². The molecule has 0 spiro atoms. The summed E-state index contributed by atoms with van der Waals surface area (Å²) in [7, 11) is 0. The van der Waals surface area contributed by atoms with Gasteiger partial charge >= 0.3 is 0 Å². The second-order valence-corrected chi connectivity index (χ2v) is 2.08. The van der Waals surface area contributed by atoms with Gasteiger partial charge in [-0.1, -0.05) is 38.2 Å². The van der Waals surface area contributed by atoms with Crippen LogP contribution in [0.15, 0.2) is 37.5 Å². The van der Waals surface area contributed by atoms with Crippen molar-refractivity contribution in [3.63, 3.8) is 0 Å². The molecule has 0 aliphatic rings. The van der Waals surface area contributed by atoms with Crippen LogP contribution in [0.3, 0.4) is 0 Å². The van der Waals surface area contributed by atoms with Crippen molar-refractivity contribution in [1.82, 2.24) is 0 Å². The van der Waals surface area contributed by atoms with Crippen molar-refractivity contribution in [2.75, 3.05) is 0 Å². The molecule has 0 aliphatic carbocycles. The van der Waals surface area contributed by atoms with Crippen LogP contribution in [0.5, 0.6) is 0 Å². The molecule has 12 heavy (non-hydrogen) atoms. The Morgan fingerprint density at radius 3 is 1.33 bits per heavy atom. The molecule has 0 radical (unpaired) electrons. The molecule has 0 aromatic rings. The van der Waals surface area contributed by atoms with E-state index in [4.69, 9.17) is 0 Å². The summed E-state index contributed by atoms with van der Waals surface area (Å²) in [5.74, 6) is 0. The maximum atomic E-state index is 3.48. The van der Waals surface area contributed by atoms with E-state index >= 15 is 0 Å². The zero-order valence-corrected chi connectivity index (χ0v) is 9.14. The van der Waals surface area contributed by atoms with E-state index in [2.05, 4.69) is 39.2 Å². The molecule has 0 aromatic heterocycles.